The van der Waals surface area contributed by atoms with Gasteiger partial charge in [0.25, 0.3) is 11.1 Å². The van der Waals surface area contributed by atoms with Gasteiger partial charge in [-0.05, 0) is 61.0 Å². The molecule has 0 radical (unpaired) electrons. The highest BCUT2D eigenvalue weighted by Gasteiger charge is 2.36. The molecule has 1 aliphatic rings. The maximum atomic E-state index is 12.6. The molecule has 8 heteroatoms. The van der Waals surface area contributed by atoms with Crippen molar-refractivity contribution >= 4 is 40.6 Å². The molecule has 0 aromatic heterocycles. The van der Waals surface area contributed by atoms with Gasteiger partial charge in [0.1, 0.15) is 6.54 Å². The van der Waals surface area contributed by atoms with Gasteiger partial charge in [0.05, 0.1) is 11.5 Å². The van der Waals surface area contributed by atoms with Crippen LogP contribution in [0.5, 0.6) is 11.5 Å². The van der Waals surface area contributed by atoms with Gasteiger partial charge in [-0.3, -0.25) is 19.3 Å². The molecule has 150 valence electrons. The van der Waals surface area contributed by atoms with Crippen molar-refractivity contribution in [2.45, 2.75) is 13.8 Å². The fraction of sp³-hybridized carbons (Fsp3) is 0.190. The Morgan fingerprint density at radius 3 is 2.72 bits per heavy atom. The topological polar surface area (TPSA) is 95.9 Å². The van der Waals surface area contributed by atoms with Crippen LogP contribution in [0, 0.1) is 6.92 Å². The van der Waals surface area contributed by atoms with Crippen molar-refractivity contribution in [3.8, 4) is 11.5 Å². The molecule has 29 heavy (non-hydrogen) atoms. The second kappa shape index (κ2) is 8.83. The quantitative estimate of drug-likeness (QED) is 0.701. The SMILES string of the molecule is CCOc1cc(C=C2SC(=O)N(CC(=O)Nc3ccccc3C)C2=O)ccc1O. The number of nitrogens with one attached hydrogen (secondary N) is 1. The Hall–Kier alpha value is -3.26. The largest absolute Gasteiger partial charge is 0.504 e. The lowest BCUT2D eigenvalue weighted by molar-refractivity contribution is -0.127. The Labute approximate surface area is 172 Å². The zero-order valence-electron chi connectivity index (χ0n) is 16.0. The Morgan fingerprint density at radius 1 is 1.24 bits per heavy atom. The first kappa shape index (κ1) is 20.5. The summed E-state index contributed by atoms with van der Waals surface area (Å²) in [7, 11) is 0. The summed E-state index contributed by atoms with van der Waals surface area (Å²) in [5, 5.41) is 12.0. The number of ether oxygens (including phenoxy) is 1. The van der Waals surface area contributed by atoms with Gasteiger partial charge in [0.2, 0.25) is 5.91 Å². The number of hydrogen-bond donors (Lipinski definition) is 2. The minimum absolute atomic E-state index is 0.00928. The van der Waals surface area contributed by atoms with Gasteiger partial charge < -0.3 is 15.2 Å². The van der Waals surface area contributed by atoms with Gasteiger partial charge in [0, 0.05) is 5.69 Å². The van der Waals surface area contributed by atoms with Gasteiger partial charge in [-0.2, -0.15) is 0 Å². The molecular formula is C21H20N2O5S. The van der Waals surface area contributed by atoms with Crippen LogP contribution in [0.25, 0.3) is 6.08 Å². The van der Waals surface area contributed by atoms with E-state index in [9.17, 15) is 19.5 Å². The number of aromatic hydroxyl groups is 1. The average molecular weight is 412 g/mol. The third-order valence-electron chi connectivity index (χ3n) is 4.18. The summed E-state index contributed by atoms with van der Waals surface area (Å²) in [5.74, 6) is -0.708. The van der Waals surface area contributed by atoms with Crippen LogP contribution in [-0.4, -0.2) is 40.2 Å². The number of rotatable bonds is 6. The highest BCUT2D eigenvalue weighted by Crippen LogP contribution is 2.34. The summed E-state index contributed by atoms with van der Waals surface area (Å²) in [6, 6.07) is 11.9. The van der Waals surface area contributed by atoms with E-state index in [-0.39, 0.29) is 22.9 Å². The van der Waals surface area contributed by atoms with E-state index in [2.05, 4.69) is 5.32 Å². The standard InChI is InChI=1S/C21H20N2O5S/c1-3-28-17-10-14(8-9-16(17)24)11-18-20(26)23(21(27)29-18)12-19(25)22-15-7-5-4-6-13(15)2/h4-11,24H,3,12H2,1-2H3,(H,22,25). The molecule has 0 saturated carbocycles. The summed E-state index contributed by atoms with van der Waals surface area (Å²) in [6.07, 6.45) is 1.53. The van der Waals surface area contributed by atoms with Gasteiger partial charge in [-0.25, -0.2) is 0 Å². The summed E-state index contributed by atoms with van der Waals surface area (Å²) >= 11 is 0.767. The first-order valence-corrected chi connectivity index (χ1v) is 9.77. The van der Waals surface area contributed by atoms with Crippen molar-refractivity contribution in [2.75, 3.05) is 18.5 Å². The fourth-order valence-corrected chi connectivity index (χ4v) is 3.56. The monoisotopic (exact) mass is 412 g/mol. The van der Waals surface area contributed by atoms with E-state index >= 15 is 0 Å². The van der Waals surface area contributed by atoms with E-state index in [0.717, 1.165) is 22.2 Å². The second-order valence-electron chi connectivity index (χ2n) is 6.29. The minimum Gasteiger partial charge on any atom is -0.504 e. The highest BCUT2D eigenvalue weighted by molar-refractivity contribution is 8.18. The van der Waals surface area contributed by atoms with Crippen molar-refractivity contribution < 1.29 is 24.2 Å². The van der Waals surface area contributed by atoms with Crippen LogP contribution >= 0.6 is 11.8 Å². The van der Waals surface area contributed by atoms with Crippen molar-refractivity contribution in [2.24, 2.45) is 0 Å². The highest BCUT2D eigenvalue weighted by atomic mass is 32.2. The molecule has 0 atom stereocenters. The first-order valence-electron chi connectivity index (χ1n) is 8.95. The molecule has 2 N–H and O–H groups in total. The number of imide groups is 1. The number of thioether (sulfide) groups is 1. The molecule has 2 aromatic carbocycles. The Kier molecular flexibility index (Phi) is 6.23. The van der Waals surface area contributed by atoms with Crippen LogP contribution < -0.4 is 10.1 Å². The fourth-order valence-electron chi connectivity index (χ4n) is 2.73. The van der Waals surface area contributed by atoms with Crippen LogP contribution in [0.4, 0.5) is 10.5 Å². The number of amides is 3. The van der Waals surface area contributed by atoms with Gasteiger partial charge in [0.15, 0.2) is 11.5 Å². The number of nitrogens with zero attached hydrogens (tertiary/aromatic N) is 1. The molecule has 1 heterocycles. The molecule has 2 aromatic rings. The van der Waals surface area contributed by atoms with Gasteiger partial charge in [-0.1, -0.05) is 24.3 Å². The average Bonchev–Trinajstić information content (AvgIpc) is 2.94. The van der Waals surface area contributed by atoms with Gasteiger partial charge in [-0.15, -0.1) is 0 Å². The van der Waals surface area contributed by atoms with E-state index in [1.807, 2.05) is 19.1 Å². The first-order chi connectivity index (χ1) is 13.9. The summed E-state index contributed by atoms with van der Waals surface area (Å²) in [6.45, 7) is 3.66. The molecule has 0 unspecified atom stereocenters. The lowest BCUT2D eigenvalue weighted by Gasteiger charge is -2.13. The Balaban J connectivity index is 1.72. The zero-order chi connectivity index (χ0) is 21.0. The van der Waals surface area contributed by atoms with E-state index < -0.39 is 17.1 Å². The van der Waals surface area contributed by atoms with Crippen LogP contribution in [-0.2, 0) is 9.59 Å². The number of carbonyl (C=O) groups excluding carboxylic acids is 3. The van der Waals surface area contributed by atoms with Crippen molar-refractivity contribution in [1.82, 2.24) is 4.90 Å². The van der Waals surface area contributed by atoms with Crippen LogP contribution in [0.1, 0.15) is 18.1 Å². The molecule has 1 saturated heterocycles. The molecule has 0 spiro atoms. The lowest BCUT2D eigenvalue weighted by atomic mass is 10.2. The third-order valence-corrected chi connectivity index (χ3v) is 5.08. The molecule has 0 aliphatic carbocycles. The maximum absolute atomic E-state index is 12.6. The normalized spacial score (nSPS) is 15.1. The molecule has 1 aliphatic heterocycles. The van der Waals surface area contributed by atoms with E-state index in [1.165, 1.54) is 12.1 Å². The van der Waals surface area contributed by atoms with Crippen LogP contribution in [0.15, 0.2) is 47.4 Å². The number of anilines is 1. The molecular weight excluding hydrogens is 392 g/mol. The molecule has 7 nitrogen and oxygen atoms in total. The molecule has 3 rings (SSSR count). The molecule has 1 fully saturated rings. The molecule has 0 bridgehead atoms. The third kappa shape index (κ3) is 4.78. The van der Waals surface area contributed by atoms with Crippen molar-refractivity contribution in [1.29, 1.82) is 0 Å². The number of phenols is 1. The lowest BCUT2D eigenvalue weighted by Crippen LogP contribution is -2.36. The number of carbonyl (C=O) groups is 3. The Bertz CT molecular complexity index is 1000. The number of phenolic OH excluding ortho intramolecular Hbond substituents is 1. The van der Waals surface area contributed by atoms with Crippen molar-refractivity contribution in [3.05, 3.63) is 58.5 Å². The number of aryl methyl sites for hydroxylation is 1. The van der Waals surface area contributed by atoms with E-state index in [0.29, 0.717) is 17.9 Å². The van der Waals surface area contributed by atoms with Crippen LogP contribution in [0.3, 0.4) is 0 Å². The van der Waals surface area contributed by atoms with E-state index in [1.54, 1.807) is 31.2 Å². The van der Waals surface area contributed by atoms with Gasteiger partial charge >= 0.3 is 0 Å². The summed E-state index contributed by atoms with van der Waals surface area (Å²) in [4.78, 5) is 38.3. The number of para-hydroxylation sites is 1. The van der Waals surface area contributed by atoms with Crippen LogP contribution in [0.2, 0.25) is 0 Å². The Morgan fingerprint density at radius 2 is 2.00 bits per heavy atom. The predicted molar refractivity (Wildman–Crippen MR) is 112 cm³/mol. The predicted octanol–water partition coefficient (Wildman–Crippen LogP) is 3.77. The summed E-state index contributed by atoms with van der Waals surface area (Å²) in [5.41, 5.74) is 2.11. The minimum atomic E-state index is -0.536. The van der Waals surface area contributed by atoms with E-state index in [4.69, 9.17) is 4.74 Å². The zero-order valence-corrected chi connectivity index (χ0v) is 16.8. The number of hydrogen-bond acceptors (Lipinski definition) is 6. The second-order valence-corrected chi connectivity index (χ2v) is 7.28. The summed E-state index contributed by atoms with van der Waals surface area (Å²) < 4.78 is 5.33. The van der Waals surface area contributed by atoms with Crippen molar-refractivity contribution in [3.63, 3.8) is 0 Å². The maximum Gasteiger partial charge on any atom is 0.294 e. The smallest absolute Gasteiger partial charge is 0.294 e. The molecule has 3 amide bonds. The number of benzene rings is 2.